The summed E-state index contributed by atoms with van der Waals surface area (Å²) < 4.78 is 0.205. The van der Waals surface area contributed by atoms with Gasteiger partial charge in [0.05, 0.1) is 4.92 Å². The van der Waals surface area contributed by atoms with Gasteiger partial charge in [-0.25, -0.2) is 0 Å². The number of rotatable bonds is 4. The van der Waals surface area contributed by atoms with Crippen molar-refractivity contribution in [2.75, 3.05) is 17.6 Å². The highest BCUT2D eigenvalue weighted by Gasteiger charge is 2.30. The molecule has 98 valence electrons. The predicted molar refractivity (Wildman–Crippen MR) is 76.4 cm³/mol. The minimum atomic E-state index is -0.320. The number of aryl methyl sites for hydroxylation is 1. The Morgan fingerprint density at radius 1 is 1.56 bits per heavy atom. The fourth-order valence-electron chi connectivity index (χ4n) is 2.29. The van der Waals surface area contributed by atoms with E-state index in [1.165, 1.54) is 18.6 Å². The van der Waals surface area contributed by atoms with Gasteiger partial charge in [0.25, 0.3) is 5.69 Å². The van der Waals surface area contributed by atoms with Crippen LogP contribution in [0.4, 0.5) is 11.4 Å². The quantitative estimate of drug-likeness (QED) is 0.668. The highest BCUT2D eigenvalue weighted by Crippen LogP contribution is 2.38. The van der Waals surface area contributed by atoms with Gasteiger partial charge in [0.1, 0.15) is 5.69 Å². The number of hydrogen-bond acceptors (Lipinski definition) is 4. The van der Waals surface area contributed by atoms with Crippen LogP contribution in [-0.4, -0.2) is 22.0 Å². The summed E-state index contributed by atoms with van der Waals surface area (Å²) in [7, 11) is 0. The number of nitro groups is 1. The van der Waals surface area contributed by atoms with Crippen molar-refractivity contribution in [2.24, 2.45) is 0 Å². The van der Waals surface area contributed by atoms with Crippen LogP contribution in [-0.2, 0) is 0 Å². The van der Waals surface area contributed by atoms with Crippen molar-refractivity contribution in [1.29, 1.82) is 0 Å². The lowest BCUT2D eigenvalue weighted by molar-refractivity contribution is -0.384. The molecule has 0 amide bonds. The number of nitrogens with one attached hydrogen (secondary N) is 1. The van der Waals surface area contributed by atoms with Gasteiger partial charge in [-0.2, -0.15) is 11.8 Å². The molecule has 1 heterocycles. The molecule has 0 aliphatic carbocycles. The Morgan fingerprint density at radius 2 is 2.33 bits per heavy atom. The van der Waals surface area contributed by atoms with Crippen LogP contribution >= 0.6 is 11.8 Å². The molecule has 0 saturated carbocycles. The maximum Gasteiger partial charge on any atom is 0.292 e. The van der Waals surface area contributed by atoms with Crippen molar-refractivity contribution in [1.82, 2.24) is 0 Å². The second kappa shape index (κ2) is 5.18. The molecular formula is C13H18N2O2S. The van der Waals surface area contributed by atoms with Crippen molar-refractivity contribution < 1.29 is 4.92 Å². The number of benzene rings is 1. The second-order valence-corrected chi connectivity index (χ2v) is 6.66. The third-order valence-electron chi connectivity index (χ3n) is 3.39. The van der Waals surface area contributed by atoms with E-state index in [-0.39, 0.29) is 15.4 Å². The van der Waals surface area contributed by atoms with Crippen LogP contribution in [0.15, 0.2) is 18.2 Å². The molecule has 1 aromatic rings. The lowest BCUT2D eigenvalue weighted by atomic mass is 10.1. The molecule has 0 radical (unpaired) electrons. The van der Waals surface area contributed by atoms with Crippen LogP contribution in [0.3, 0.4) is 0 Å². The lowest BCUT2D eigenvalue weighted by Crippen LogP contribution is -2.27. The van der Waals surface area contributed by atoms with E-state index >= 15 is 0 Å². The van der Waals surface area contributed by atoms with Gasteiger partial charge < -0.3 is 5.32 Å². The topological polar surface area (TPSA) is 55.2 Å². The lowest BCUT2D eigenvalue weighted by Gasteiger charge is -2.24. The molecule has 1 N–H and O–H groups in total. The van der Waals surface area contributed by atoms with E-state index in [4.69, 9.17) is 0 Å². The van der Waals surface area contributed by atoms with E-state index in [1.54, 1.807) is 12.1 Å². The number of nitro benzene ring substituents is 1. The van der Waals surface area contributed by atoms with E-state index in [1.807, 2.05) is 24.8 Å². The summed E-state index contributed by atoms with van der Waals surface area (Å²) in [6.45, 7) is 4.91. The van der Waals surface area contributed by atoms with E-state index in [0.717, 1.165) is 12.1 Å². The molecule has 0 bridgehead atoms. The smallest absolute Gasteiger partial charge is 0.292 e. The van der Waals surface area contributed by atoms with Crippen molar-refractivity contribution in [3.05, 3.63) is 33.9 Å². The van der Waals surface area contributed by atoms with Gasteiger partial charge in [0.15, 0.2) is 0 Å². The van der Waals surface area contributed by atoms with Gasteiger partial charge >= 0.3 is 0 Å². The van der Waals surface area contributed by atoms with Crippen LogP contribution in [0.2, 0.25) is 0 Å². The second-order valence-electron chi connectivity index (χ2n) is 4.98. The van der Waals surface area contributed by atoms with Gasteiger partial charge in [-0.1, -0.05) is 12.1 Å². The molecule has 18 heavy (non-hydrogen) atoms. The standard InChI is InChI=1S/C13H18N2O2S/c1-10-5-3-6-11(15(16)17)12(10)14-9-13(2)7-4-8-18-13/h3,5-6,14H,4,7-9H2,1-2H3. The Morgan fingerprint density at radius 3 is 2.94 bits per heavy atom. The van der Waals surface area contributed by atoms with Gasteiger partial charge in [-0.3, -0.25) is 10.1 Å². The van der Waals surface area contributed by atoms with Crippen molar-refractivity contribution in [2.45, 2.75) is 31.4 Å². The van der Waals surface area contributed by atoms with Crippen LogP contribution < -0.4 is 5.32 Å². The van der Waals surface area contributed by atoms with Gasteiger partial charge in [0.2, 0.25) is 0 Å². The number of hydrogen-bond donors (Lipinski definition) is 1. The van der Waals surface area contributed by atoms with Crippen LogP contribution in [0.5, 0.6) is 0 Å². The van der Waals surface area contributed by atoms with Gasteiger partial charge in [-0.05, 0) is 38.0 Å². The first-order valence-electron chi connectivity index (χ1n) is 6.14. The van der Waals surface area contributed by atoms with Crippen LogP contribution in [0.1, 0.15) is 25.3 Å². The highest BCUT2D eigenvalue weighted by atomic mass is 32.2. The molecule has 4 nitrogen and oxygen atoms in total. The molecule has 1 saturated heterocycles. The van der Waals surface area contributed by atoms with E-state index in [2.05, 4.69) is 12.2 Å². The average molecular weight is 266 g/mol. The summed E-state index contributed by atoms with van der Waals surface area (Å²) in [6.07, 6.45) is 2.41. The number of nitrogens with zero attached hydrogens (tertiary/aromatic N) is 1. The monoisotopic (exact) mass is 266 g/mol. The molecule has 0 spiro atoms. The highest BCUT2D eigenvalue weighted by molar-refractivity contribution is 8.00. The zero-order chi connectivity index (χ0) is 13.2. The first-order chi connectivity index (χ1) is 8.52. The molecule has 1 unspecified atom stereocenters. The fraction of sp³-hybridized carbons (Fsp3) is 0.538. The van der Waals surface area contributed by atoms with E-state index in [0.29, 0.717) is 5.69 Å². The van der Waals surface area contributed by atoms with E-state index in [9.17, 15) is 10.1 Å². The Kier molecular flexibility index (Phi) is 3.80. The molecular weight excluding hydrogens is 248 g/mol. The van der Waals surface area contributed by atoms with Crippen molar-refractivity contribution >= 4 is 23.1 Å². The van der Waals surface area contributed by atoms with Crippen molar-refractivity contribution in [3.8, 4) is 0 Å². The molecule has 0 aromatic heterocycles. The molecule has 1 aliphatic rings. The summed E-state index contributed by atoms with van der Waals surface area (Å²) in [5, 5.41) is 14.3. The maximum atomic E-state index is 11.0. The largest absolute Gasteiger partial charge is 0.378 e. The average Bonchev–Trinajstić information content (AvgIpc) is 2.74. The normalized spacial score (nSPS) is 23.0. The molecule has 5 heteroatoms. The Hall–Kier alpha value is -1.23. The molecule has 1 fully saturated rings. The predicted octanol–water partition coefficient (Wildman–Crippen LogP) is 3.60. The minimum absolute atomic E-state index is 0.168. The number of anilines is 1. The van der Waals surface area contributed by atoms with Crippen LogP contribution in [0, 0.1) is 17.0 Å². The zero-order valence-corrected chi connectivity index (χ0v) is 11.5. The number of para-hydroxylation sites is 1. The molecule has 1 atom stereocenters. The fourth-order valence-corrected chi connectivity index (χ4v) is 3.53. The van der Waals surface area contributed by atoms with Crippen LogP contribution in [0.25, 0.3) is 0 Å². The van der Waals surface area contributed by atoms with Crippen molar-refractivity contribution in [3.63, 3.8) is 0 Å². The van der Waals surface area contributed by atoms with E-state index < -0.39 is 0 Å². The van der Waals surface area contributed by atoms with Gasteiger partial charge in [0, 0.05) is 17.4 Å². The molecule has 1 aliphatic heterocycles. The maximum absolute atomic E-state index is 11.0. The Labute approximate surface area is 111 Å². The van der Waals surface area contributed by atoms with Gasteiger partial charge in [-0.15, -0.1) is 0 Å². The summed E-state index contributed by atoms with van der Waals surface area (Å²) in [5.74, 6) is 1.19. The first-order valence-corrected chi connectivity index (χ1v) is 7.12. The number of thioether (sulfide) groups is 1. The summed E-state index contributed by atoms with van der Waals surface area (Å²) in [6, 6.07) is 5.18. The first kappa shape index (κ1) is 13.2. The Bertz CT molecular complexity index is 456. The third kappa shape index (κ3) is 2.77. The molecule has 1 aromatic carbocycles. The molecule has 2 rings (SSSR count). The third-order valence-corrected chi connectivity index (χ3v) is 4.93. The summed E-state index contributed by atoms with van der Waals surface area (Å²) >= 11 is 1.95. The Balaban J connectivity index is 2.15. The summed E-state index contributed by atoms with van der Waals surface area (Å²) in [4.78, 5) is 10.7. The summed E-state index contributed by atoms with van der Waals surface area (Å²) in [5.41, 5.74) is 1.76. The zero-order valence-electron chi connectivity index (χ0n) is 10.7. The SMILES string of the molecule is Cc1cccc([N+](=O)[O-])c1NCC1(C)CCCS1. The minimum Gasteiger partial charge on any atom is -0.378 e.